The second kappa shape index (κ2) is 5.14. The van der Waals surface area contributed by atoms with Crippen LogP contribution < -0.4 is 9.47 Å². The lowest BCUT2D eigenvalue weighted by Gasteiger charge is -2.46. The number of hydrogen-bond acceptors (Lipinski definition) is 5. The average Bonchev–Trinajstić information content (AvgIpc) is 2.86. The van der Waals surface area contributed by atoms with Crippen molar-refractivity contribution >= 4 is 0 Å². The van der Waals surface area contributed by atoms with Gasteiger partial charge in [-0.3, -0.25) is 4.90 Å². The number of aromatic hydroxyl groups is 1. The molecule has 2 heterocycles. The quantitative estimate of drug-likeness (QED) is 0.866. The third-order valence-electron chi connectivity index (χ3n) is 5.80. The van der Waals surface area contributed by atoms with Gasteiger partial charge in [-0.15, -0.1) is 0 Å². The van der Waals surface area contributed by atoms with Crippen LogP contribution in [-0.4, -0.2) is 50.0 Å². The van der Waals surface area contributed by atoms with E-state index in [1.165, 1.54) is 5.56 Å². The van der Waals surface area contributed by atoms with Gasteiger partial charge in [0.2, 0.25) is 5.75 Å². The van der Waals surface area contributed by atoms with Gasteiger partial charge >= 0.3 is 0 Å². The molecule has 1 saturated heterocycles. The number of benzene rings is 1. The number of hydrogen-bond donors (Lipinski definition) is 1. The van der Waals surface area contributed by atoms with Crippen LogP contribution in [0.2, 0.25) is 0 Å². The van der Waals surface area contributed by atoms with E-state index in [0.717, 1.165) is 31.5 Å². The molecule has 0 radical (unpaired) electrons. The molecular formula is C18H23NO4. The first-order valence-corrected chi connectivity index (χ1v) is 8.08. The molecular weight excluding hydrogens is 294 g/mol. The van der Waals surface area contributed by atoms with Crippen LogP contribution in [0.5, 0.6) is 17.2 Å². The number of methoxy groups -OCH3 is 3. The number of nitrogens with zero attached hydrogens (tertiary/aromatic N) is 1. The van der Waals surface area contributed by atoms with Crippen molar-refractivity contribution in [2.45, 2.75) is 36.9 Å². The molecule has 0 aromatic heterocycles. The van der Waals surface area contributed by atoms with Crippen molar-refractivity contribution in [2.75, 3.05) is 27.9 Å². The van der Waals surface area contributed by atoms with E-state index in [1.807, 2.05) is 6.07 Å². The SMILES string of the molecule is COc1c(O)cc2c(c1OC)CN1CC[C@]23C=C[C@H](OC)C[C@@H]13. The Morgan fingerprint density at radius 1 is 1.22 bits per heavy atom. The fourth-order valence-electron chi connectivity index (χ4n) is 4.73. The molecule has 23 heavy (non-hydrogen) atoms. The van der Waals surface area contributed by atoms with Gasteiger partial charge in [-0.1, -0.05) is 12.2 Å². The third-order valence-corrected chi connectivity index (χ3v) is 5.80. The van der Waals surface area contributed by atoms with Gasteiger partial charge in [0, 0.05) is 37.2 Å². The maximum atomic E-state index is 10.4. The second-order valence-corrected chi connectivity index (χ2v) is 6.63. The van der Waals surface area contributed by atoms with Crippen LogP contribution in [0.4, 0.5) is 0 Å². The topological polar surface area (TPSA) is 51.2 Å². The van der Waals surface area contributed by atoms with Crippen LogP contribution in [-0.2, 0) is 16.7 Å². The van der Waals surface area contributed by atoms with Crippen molar-refractivity contribution in [2.24, 2.45) is 0 Å². The highest BCUT2D eigenvalue weighted by atomic mass is 16.5. The van der Waals surface area contributed by atoms with Crippen molar-refractivity contribution in [1.82, 2.24) is 4.90 Å². The maximum Gasteiger partial charge on any atom is 0.203 e. The first-order valence-electron chi connectivity index (χ1n) is 8.08. The van der Waals surface area contributed by atoms with Crippen LogP contribution in [0.15, 0.2) is 18.2 Å². The van der Waals surface area contributed by atoms with Gasteiger partial charge in [0.05, 0.1) is 20.3 Å². The van der Waals surface area contributed by atoms with Gasteiger partial charge in [0.25, 0.3) is 0 Å². The molecule has 2 bridgehead atoms. The number of rotatable bonds is 3. The fourth-order valence-corrected chi connectivity index (χ4v) is 4.73. The molecule has 1 aromatic carbocycles. The first-order chi connectivity index (χ1) is 11.1. The lowest BCUT2D eigenvalue weighted by Crippen LogP contribution is -2.49. The van der Waals surface area contributed by atoms with E-state index in [9.17, 15) is 5.11 Å². The molecule has 1 unspecified atom stereocenters. The Morgan fingerprint density at radius 3 is 2.70 bits per heavy atom. The van der Waals surface area contributed by atoms with Gasteiger partial charge in [0.15, 0.2) is 11.5 Å². The molecule has 1 aromatic rings. The Balaban J connectivity index is 1.93. The molecule has 2 aliphatic heterocycles. The Hall–Kier alpha value is -1.72. The zero-order chi connectivity index (χ0) is 16.2. The summed E-state index contributed by atoms with van der Waals surface area (Å²) < 4.78 is 16.5. The minimum absolute atomic E-state index is 0.0559. The Labute approximate surface area is 136 Å². The minimum atomic E-state index is -0.0559. The lowest BCUT2D eigenvalue weighted by molar-refractivity contribution is 0.0743. The summed E-state index contributed by atoms with van der Waals surface area (Å²) in [6.45, 7) is 1.87. The number of phenolic OH excluding ortho intramolecular Hbond substituents is 1. The van der Waals surface area contributed by atoms with Crippen molar-refractivity contribution in [3.05, 3.63) is 29.3 Å². The van der Waals surface area contributed by atoms with Crippen LogP contribution in [0, 0.1) is 0 Å². The molecule has 4 rings (SSSR count). The predicted octanol–water partition coefficient (Wildman–Crippen LogP) is 2.21. The number of fused-ring (bicyclic) bond motifs is 1. The summed E-state index contributed by atoms with van der Waals surface area (Å²) >= 11 is 0. The van der Waals surface area contributed by atoms with Crippen molar-refractivity contribution < 1.29 is 19.3 Å². The fraction of sp³-hybridized carbons (Fsp3) is 0.556. The minimum Gasteiger partial charge on any atom is -0.504 e. The molecule has 5 heteroatoms. The lowest BCUT2D eigenvalue weighted by atomic mass is 9.66. The highest BCUT2D eigenvalue weighted by Crippen LogP contribution is 2.56. The van der Waals surface area contributed by atoms with E-state index in [0.29, 0.717) is 17.5 Å². The summed E-state index contributed by atoms with van der Waals surface area (Å²) in [6, 6.07) is 2.30. The monoisotopic (exact) mass is 317 g/mol. The molecule has 0 spiro atoms. The molecule has 0 amide bonds. The van der Waals surface area contributed by atoms with E-state index in [-0.39, 0.29) is 17.3 Å². The van der Waals surface area contributed by atoms with Crippen molar-refractivity contribution in [1.29, 1.82) is 0 Å². The zero-order valence-electron chi connectivity index (χ0n) is 13.8. The van der Waals surface area contributed by atoms with E-state index < -0.39 is 0 Å². The molecule has 0 saturated carbocycles. The van der Waals surface area contributed by atoms with Gasteiger partial charge in [-0.2, -0.15) is 0 Å². The van der Waals surface area contributed by atoms with Gasteiger partial charge in [-0.05, 0) is 24.5 Å². The molecule has 1 N–H and O–H groups in total. The van der Waals surface area contributed by atoms with Gasteiger partial charge in [0.1, 0.15) is 0 Å². The summed E-state index contributed by atoms with van der Waals surface area (Å²) in [4.78, 5) is 2.51. The molecule has 5 nitrogen and oxygen atoms in total. The molecule has 124 valence electrons. The van der Waals surface area contributed by atoms with Crippen molar-refractivity contribution in [3.8, 4) is 17.2 Å². The van der Waals surface area contributed by atoms with Crippen LogP contribution in [0.25, 0.3) is 0 Å². The number of phenols is 1. The van der Waals surface area contributed by atoms with Crippen LogP contribution in [0.3, 0.4) is 0 Å². The smallest absolute Gasteiger partial charge is 0.203 e. The Bertz CT molecular complexity index is 671. The normalized spacial score (nSPS) is 34.0. The highest BCUT2D eigenvalue weighted by molar-refractivity contribution is 5.63. The third kappa shape index (κ3) is 1.86. The molecule has 1 fully saturated rings. The summed E-state index contributed by atoms with van der Waals surface area (Å²) in [5.41, 5.74) is 2.26. The molecule has 1 aliphatic carbocycles. The van der Waals surface area contributed by atoms with E-state index in [1.54, 1.807) is 21.3 Å². The summed E-state index contributed by atoms with van der Waals surface area (Å²) in [7, 11) is 4.96. The predicted molar refractivity (Wildman–Crippen MR) is 86.3 cm³/mol. The van der Waals surface area contributed by atoms with E-state index in [4.69, 9.17) is 14.2 Å². The first kappa shape index (κ1) is 14.8. The zero-order valence-corrected chi connectivity index (χ0v) is 13.8. The summed E-state index contributed by atoms with van der Waals surface area (Å²) in [6.07, 6.45) is 6.68. The Kier molecular flexibility index (Phi) is 3.32. The second-order valence-electron chi connectivity index (χ2n) is 6.63. The van der Waals surface area contributed by atoms with E-state index in [2.05, 4.69) is 17.1 Å². The maximum absolute atomic E-state index is 10.4. The molecule has 4 atom stereocenters. The van der Waals surface area contributed by atoms with E-state index >= 15 is 0 Å². The van der Waals surface area contributed by atoms with Crippen molar-refractivity contribution in [3.63, 3.8) is 0 Å². The standard InChI is InChI=1S/C18H23NO4/c1-21-11-4-5-18-6-7-19(15(18)8-11)10-12-13(18)9-14(20)17(23-3)16(12)22-2/h4-5,9,11,15,20H,6-8,10H2,1-3H3/t11-,15+,18+/m0/s1. The van der Waals surface area contributed by atoms with Crippen LogP contribution in [0.1, 0.15) is 24.0 Å². The average molecular weight is 317 g/mol. The summed E-state index contributed by atoms with van der Waals surface area (Å²) in [5.74, 6) is 1.24. The summed E-state index contributed by atoms with van der Waals surface area (Å²) in [5, 5.41) is 10.4. The Morgan fingerprint density at radius 2 is 2.00 bits per heavy atom. The largest absolute Gasteiger partial charge is 0.504 e. The molecule has 3 aliphatic rings. The van der Waals surface area contributed by atoms with Gasteiger partial charge < -0.3 is 19.3 Å². The van der Waals surface area contributed by atoms with Crippen LogP contribution >= 0.6 is 0 Å². The highest BCUT2D eigenvalue weighted by Gasteiger charge is 2.54. The van der Waals surface area contributed by atoms with Gasteiger partial charge in [-0.25, -0.2) is 0 Å². The number of ether oxygens (including phenoxy) is 3.